The van der Waals surface area contributed by atoms with Gasteiger partial charge in [-0.3, -0.25) is 20.9 Å². The summed E-state index contributed by atoms with van der Waals surface area (Å²) >= 11 is 21.4. The first-order valence-electron chi connectivity index (χ1n) is 8.76. The van der Waals surface area contributed by atoms with E-state index in [1.165, 1.54) is 0 Å². The molecule has 0 fully saturated rings. The first kappa shape index (κ1) is 26.2. The molecular formula is C20H14Cl4N4O5. The van der Waals surface area contributed by atoms with Crippen molar-refractivity contribution in [1.82, 2.24) is 5.01 Å². The van der Waals surface area contributed by atoms with Crippen LogP contribution in [0.15, 0.2) is 80.8 Å². The van der Waals surface area contributed by atoms with Gasteiger partial charge in [0.05, 0.1) is 5.69 Å². The zero-order valence-corrected chi connectivity index (χ0v) is 19.4. The van der Waals surface area contributed by atoms with Crippen molar-refractivity contribution in [3.63, 3.8) is 0 Å². The number of esters is 2. The van der Waals surface area contributed by atoms with E-state index in [0.29, 0.717) is 5.69 Å². The van der Waals surface area contributed by atoms with E-state index >= 15 is 0 Å². The van der Waals surface area contributed by atoms with Gasteiger partial charge in [-0.05, 0) is 24.3 Å². The Bertz CT molecular complexity index is 1080. The number of nitrogens with two attached hydrogens (primary N) is 1. The molecule has 0 saturated carbocycles. The van der Waals surface area contributed by atoms with E-state index in [-0.39, 0.29) is 20.1 Å². The van der Waals surface area contributed by atoms with E-state index in [4.69, 9.17) is 52.2 Å². The monoisotopic (exact) mass is 530 g/mol. The Hall–Kier alpha value is -3.08. The van der Waals surface area contributed by atoms with E-state index in [9.17, 15) is 19.2 Å². The number of para-hydroxylation sites is 2. The first-order valence-corrected chi connectivity index (χ1v) is 10.3. The van der Waals surface area contributed by atoms with E-state index in [1.54, 1.807) is 24.3 Å². The minimum Gasteiger partial charge on any atom is -0.384 e. The number of rotatable bonds is 3. The van der Waals surface area contributed by atoms with Gasteiger partial charge in [0.15, 0.2) is 10.1 Å². The van der Waals surface area contributed by atoms with Crippen LogP contribution < -0.4 is 16.7 Å². The molecule has 172 valence electrons. The largest absolute Gasteiger partial charge is 0.384 e. The molecule has 2 heterocycles. The third-order valence-corrected chi connectivity index (χ3v) is 5.25. The molecule has 9 nitrogen and oxygen atoms in total. The molecule has 0 aromatic heterocycles. The maximum atomic E-state index is 11.5. The number of nitrogen functional groups attached to an aromatic ring is 1. The molecule has 2 aliphatic heterocycles. The van der Waals surface area contributed by atoms with Gasteiger partial charge >= 0.3 is 11.9 Å². The number of nitrogens with zero attached hydrogens (tertiary/aromatic N) is 1. The molecule has 0 spiro atoms. The second-order valence-corrected chi connectivity index (χ2v) is 7.38. The standard InChI is InChI=1S/C10H6Cl2N2O2.C6H8N2.C4Cl2O3/c11-7-8(12)10(16)14(9(7)15)13-6-4-2-1-3-5-6;7-8-6-4-2-1-3-5-6;5-1-2(6)4(8)9-3(1)7/h1-5,13H;1-5,8H,7H2;. The third kappa shape index (κ3) is 6.95. The highest BCUT2D eigenvalue weighted by Gasteiger charge is 2.37. The topological polar surface area (TPSA) is 131 Å². The van der Waals surface area contributed by atoms with Crippen molar-refractivity contribution in [2.45, 2.75) is 0 Å². The van der Waals surface area contributed by atoms with Crippen LogP contribution in [0, 0.1) is 0 Å². The van der Waals surface area contributed by atoms with Crippen molar-refractivity contribution >= 4 is 81.5 Å². The number of nitrogens with one attached hydrogen (secondary N) is 2. The fourth-order valence-electron chi connectivity index (χ4n) is 2.11. The van der Waals surface area contributed by atoms with Crippen LogP contribution in [0.25, 0.3) is 0 Å². The lowest BCUT2D eigenvalue weighted by Gasteiger charge is -2.16. The summed E-state index contributed by atoms with van der Waals surface area (Å²) < 4.78 is 3.97. The Kier molecular flexibility index (Phi) is 9.71. The van der Waals surface area contributed by atoms with Crippen molar-refractivity contribution in [2.24, 2.45) is 5.84 Å². The molecule has 0 bridgehead atoms. The van der Waals surface area contributed by atoms with Crippen LogP contribution in [0.1, 0.15) is 0 Å². The second kappa shape index (κ2) is 12.2. The average Bonchev–Trinajstić information content (AvgIpc) is 3.17. The SMILES string of the molecule is NNc1ccccc1.O=C1C(Cl)=C(Cl)C(=O)N1Nc1ccccc1.O=C1OC(=O)C(Cl)=C1Cl. The number of hydrazine groups is 2. The Morgan fingerprint density at radius 3 is 1.33 bits per heavy atom. The number of hydrogen-bond donors (Lipinski definition) is 3. The number of benzene rings is 2. The Morgan fingerprint density at radius 1 is 0.636 bits per heavy atom. The van der Waals surface area contributed by atoms with Gasteiger partial charge in [-0.15, -0.1) is 0 Å². The highest BCUT2D eigenvalue weighted by atomic mass is 35.5. The number of hydrogen-bond acceptors (Lipinski definition) is 8. The fourth-order valence-corrected chi connectivity index (χ4v) is 2.67. The van der Waals surface area contributed by atoms with Crippen molar-refractivity contribution in [1.29, 1.82) is 0 Å². The number of carbonyl (C=O) groups excluding carboxylic acids is 4. The number of cyclic esters (lactones) is 2. The minimum absolute atomic E-state index is 0.268. The van der Waals surface area contributed by atoms with Crippen molar-refractivity contribution in [2.75, 3.05) is 10.9 Å². The van der Waals surface area contributed by atoms with E-state index in [1.807, 2.05) is 36.4 Å². The minimum atomic E-state index is -0.883. The van der Waals surface area contributed by atoms with Crippen LogP contribution >= 0.6 is 46.4 Å². The summed E-state index contributed by atoms with van der Waals surface area (Å²) in [6, 6.07) is 18.4. The molecule has 13 heteroatoms. The molecule has 2 amide bonds. The maximum Gasteiger partial charge on any atom is 0.359 e. The fraction of sp³-hybridized carbons (Fsp3) is 0. The summed E-state index contributed by atoms with van der Waals surface area (Å²) in [6.07, 6.45) is 0. The molecule has 0 saturated heterocycles. The van der Waals surface area contributed by atoms with Crippen LogP contribution in [-0.2, 0) is 23.9 Å². The third-order valence-electron chi connectivity index (χ3n) is 3.67. The lowest BCUT2D eigenvalue weighted by molar-refractivity contribution is -0.150. The molecule has 2 aliphatic rings. The summed E-state index contributed by atoms with van der Waals surface area (Å²) in [7, 11) is 0. The molecule has 0 aliphatic carbocycles. The van der Waals surface area contributed by atoms with Gasteiger partial charge in [-0.2, -0.15) is 5.01 Å². The molecule has 2 aromatic rings. The van der Waals surface area contributed by atoms with Gasteiger partial charge in [0, 0.05) is 5.69 Å². The van der Waals surface area contributed by atoms with Crippen LogP contribution in [0.2, 0.25) is 0 Å². The lowest BCUT2D eigenvalue weighted by atomic mass is 10.3. The highest BCUT2D eigenvalue weighted by molar-refractivity contribution is 6.58. The Labute approximate surface area is 207 Å². The van der Waals surface area contributed by atoms with Gasteiger partial charge in [-0.25, -0.2) is 9.59 Å². The number of carbonyl (C=O) groups is 4. The maximum absolute atomic E-state index is 11.5. The number of halogens is 4. The van der Waals surface area contributed by atoms with Gasteiger partial charge in [-0.1, -0.05) is 82.8 Å². The molecule has 0 atom stereocenters. The Morgan fingerprint density at radius 2 is 1.03 bits per heavy atom. The number of anilines is 2. The number of amides is 2. The smallest absolute Gasteiger partial charge is 0.359 e. The zero-order chi connectivity index (χ0) is 24.5. The number of ether oxygens (including phenoxy) is 1. The van der Waals surface area contributed by atoms with Crippen molar-refractivity contribution in [3.05, 3.63) is 80.8 Å². The summed E-state index contributed by atoms with van der Waals surface area (Å²) in [4.78, 5) is 43.6. The molecule has 0 radical (unpaired) electrons. The molecule has 4 rings (SSSR count). The van der Waals surface area contributed by atoms with Crippen LogP contribution in [0.4, 0.5) is 11.4 Å². The second-order valence-electron chi connectivity index (χ2n) is 5.87. The Balaban J connectivity index is 0.000000192. The van der Waals surface area contributed by atoms with Gasteiger partial charge in [0.1, 0.15) is 10.1 Å². The predicted octanol–water partition coefficient (Wildman–Crippen LogP) is 3.80. The summed E-state index contributed by atoms with van der Waals surface area (Å²) in [5.41, 5.74) is 6.69. The molecule has 0 unspecified atom stereocenters. The summed E-state index contributed by atoms with van der Waals surface area (Å²) in [5, 5.41) is -0.450. The van der Waals surface area contributed by atoms with Crippen LogP contribution in [-0.4, -0.2) is 28.8 Å². The predicted molar refractivity (Wildman–Crippen MR) is 125 cm³/mol. The van der Waals surface area contributed by atoms with E-state index in [2.05, 4.69) is 15.6 Å². The molecular weight excluding hydrogens is 518 g/mol. The van der Waals surface area contributed by atoms with Gasteiger partial charge in [0.25, 0.3) is 11.8 Å². The summed E-state index contributed by atoms with van der Waals surface area (Å²) in [5.74, 6) is 2.03. The zero-order valence-electron chi connectivity index (χ0n) is 16.4. The van der Waals surface area contributed by atoms with Crippen molar-refractivity contribution < 1.29 is 23.9 Å². The van der Waals surface area contributed by atoms with Gasteiger partial charge < -0.3 is 10.2 Å². The average molecular weight is 532 g/mol. The van der Waals surface area contributed by atoms with Gasteiger partial charge in [0.2, 0.25) is 0 Å². The van der Waals surface area contributed by atoms with E-state index in [0.717, 1.165) is 10.7 Å². The summed E-state index contributed by atoms with van der Waals surface area (Å²) in [6.45, 7) is 0. The van der Waals surface area contributed by atoms with Crippen LogP contribution in [0.5, 0.6) is 0 Å². The molecule has 2 aromatic carbocycles. The van der Waals surface area contributed by atoms with Crippen LogP contribution in [0.3, 0.4) is 0 Å². The lowest BCUT2D eigenvalue weighted by Crippen LogP contribution is -2.36. The van der Waals surface area contributed by atoms with E-state index < -0.39 is 23.8 Å². The number of imide groups is 1. The normalized spacial score (nSPS) is 15.0. The quantitative estimate of drug-likeness (QED) is 0.179. The highest BCUT2D eigenvalue weighted by Crippen LogP contribution is 2.27. The van der Waals surface area contributed by atoms with Crippen molar-refractivity contribution in [3.8, 4) is 0 Å². The molecule has 33 heavy (non-hydrogen) atoms. The first-order chi connectivity index (χ1) is 15.7. The molecule has 4 N–H and O–H groups in total.